The van der Waals surface area contributed by atoms with Crippen LogP contribution in [-0.4, -0.2) is 61.5 Å². The number of alkyl halides is 3. The number of carboxylic acids is 1. The molecule has 0 saturated carbocycles. The Morgan fingerprint density at radius 2 is 1.88 bits per heavy atom. The van der Waals surface area contributed by atoms with Gasteiger partial charge in [0.15, 0.2) is 5.41 Å². The zero-order chi connectivity index (χ0) is 18.7. The second kappa shape index (κ2) is 7.30. The lowest BCUT2D eigenvalue weighted by Gasteiger charge is -2.27. The van der Waals surface area contributed by atoms with Gasteiger partial charge in [-0.25, -0.2) is 0 Å². The summed E-state index contributed by atoms with van der Waals surface area (Å²) in [7, 11) is 1.53. The van der Waals surface area contributed by atoms with Crippen LogP contribution in [0.2, 0.25) is 0 Å². The summed E-state index contributed by atoms with van der Waals surface area (Å²) in [6, 6.07) is 5.90. The molecule has 1 unspecified atom stereocenters. The van der Waals surface area contributed by atoms with E-state index in [2.05, 4.69) is 0 Å². The van der Waals surface area contributed by atoms with Gasteiger partial charge in [0.05, 0.1) is 6.61 Å². The van der Waals surface area contributed by atoms with Gasteiger partial charge in [0.2, 0.25) is 0 Å². The first-order valence-electron chi connectivity index (χ1n) is 7.52. The van der Waals surface area contributed by atoms with E-state index < -0.39 is 36.4 Å². The highest BCUT2D eigenvalue weighted by molar-refractivity contribution is 5.95. The maximum Gasteiger partial charge on any atom is 0.406 e. The minimum atomic E-state index is -4.92. The van der Waals surface area contributed by atoms with Gasteiger partial charge in [-0.3, -0.25) is 9.59 Å². The molecule has 1 aliphatic rings. The molecule has 1 aliphatic heterocycles. The molecule has 0 spiro atoms. The van der Waals surface area contributed by atoms with Gasteiger partial charge in [-0.05, 0) is 30.7 Å². The lowest BCUT2D eigenvalue weighted by Crippen LogP contribution is -2.47. The number of hydrogen-bond acceptors (Lipinski definition) is 4. The van der Waals surface area contributed by atoms with Crippen molar-refractivity contribution in [2.24, 2.45) is 5.41 Å². The van der Waals surface area contributed by atoms with Crippen LogP contribution in [0.15, 0.2) is 24.3 Å². The number of amides is 1. The van der Waals surface area contributed by atoms with E-state index in [1.54, 1.807) is 0 Å². The minimum absolute atomic E-state index is 0.169. The zero-order valence-electron chi connectivity index (χ0n) is 13.5. The van der Waals surface area contributed by atoms with Crippen LogP contribution in [0.1, 0.15) is 16.8 Å². The fraction of sp³-hybridized carbons (Fsp3) is 0.500. The first kappa shape index (κ1) is 19.0. The maximum atomic E-state index is 13.2. The second-order valence-electron chi connectivity index (χ2n) is 5.73. The van der Waals surface area contributed by atoms with Gasteiger partial charge in [0, 0.05) is 25.8 Å². The Labute approximate surface area is 142 Å². The smallest absolute Gasteiger partial charge is 0.406 e. The van der Waals surface area contributed by atoms with Crippen LogP contribution in [0.5, 0.6) is 5.75 Å². The van der Waals surface area contributed by atoms with Crippen molar-refractivity contribution in [2.45, 2.75) is 12.6 Å². The molecule has 1 aromatic rings. The predicted molar refractivity (Wildman–Crippen MR) is 80.5 cm³/mol. The highest BCUT2D eigenvalue weighted by Gasteiger charge is 2.64. The molecule has 1 N–H and O–H groups in total. The average molecular weight is 361 g/mol. The largest absolute Gasteiger partial charge is 0.491 e. The topological polar surface area (TPSA) is 76.1 Å². The number of carbonyl (C=O) groups is 2. The summed E-state index contributed by atoms with van der Waals surface area (Å²) in [5.41, 5.74) is -2.74. The number of carboxylic acid groups (broad SMARTS) is 1. The van der Waals surface area contributed by atoms with Crippen molar-refractivity contribution < 1.29 is 37.3 Å². The van der Waals surface area contributed by atoms with Gasteiger partial charge in [-0.2, -0.15) is 13.2 Å². The van der Waals surface area contributed by atoms with Crippen molar-refractivity contribution >= 4 is 11.9 Å². The van der Waals surface area contributed by atoms with E-state index in [1.165, 1.54) is 31.4 Å². The first-order chi connectivity index (χ1) is 11.7. The number of methoxy groups -OCH3 is 1. The highest BCUT2D eigenvalue weighted by atomic mass is 19.4. The minimum Gasteiger partial charge on any atom is -0.491 e. The van der Waals surface area contributed by atoms with Gasteiger partial charge >= 0.3 is 12.1 Å². The van der Waals surface area contributed by atoms with E-state index in [4.69, 9.17) is 14.6 Å². The van der Waals surface area contributed by atoms with Crippen LogP contribution in [0.3, 0.4) is 0 Å². The number of nitrogens with zero attached hydrogens (tertiary/aromatic N) is 1. The van der Waals surface area contributed by atoms with Crippen molar-refractivity contribution in [3.05, 3.63) is 29.8 Å². The normalized spacial score (nSPS) is 20.6. The second-order valence-corrected chi connectivity index (χ2v) is 5.73. The number of ether oxygens (including phenoxy) is 2. The average Bonchev–Trinajstić information content (AvgIpc) is 3.02. The zero-order valence-corrected chi connectivity index (χ0v) is 13.5. The summed E-state index contributed by atoms with van der Waals surface area (Å²) in [6.45, 7) is -0.445. The van der Waals surface area contributed by atoms with Crippen LogP contribution >= 0.6 is 0 Å². The number of likely N-dealkylation sites (tertiary alicyclic amines) is 1. The van der Waals surface area contributed by atoms with E-state index in [-0.39, 0.29) is 12.1 Å². The Hall–Kier alpha value is -2.29. The molecule has 1 aromatic carbocycles. The van der Waals surface area contributed by atoms with Crippen LogP contribution in [0, 0.1) is 5.41 Å². The van der Waals surface area contributed by atoms with Crippen molar-refractivity contribution in [3.8, 4) is 5.75 Å². The molecule has 2 rings (SSSR count). The molecule has 1 fully saturated rings. The Balaban J connectivity index is 2.08. The molecule has 0 aromatic heterocycles. The molecule has 1 amide bonds. The Morgan fingerprint density at radius 1 is 1.24 bits per heavy atom. The van der Waals surface area contributed by atoms with E-state index in [0.717, 1.165) is 4.90 Å². The summed E-state index contributed by atoms with van der Waals surface area (Å²) in [5, 5.41) is 9.02. The van der Waals surface area contributed by atoms with Gasteiger partial charge in [-0.15, -0.1) is 0 Å². The number of carbonyl (C=O) groups excluding carboxylic acids is 1. The highest BCUT2D eigenvalue weighted by Crippen LogP contribution is 2.46. The lowest BCUT2D eigenvalue weighted by atomic mass is 9.86. The van der Waals surface area contributed by atoms with Crippen LogP contribution in [0.4, 0.5) is 13.2 Å². The molecule has 0 aliphatic carbocycles. The molecule has 1 saturated heterocycles. The van der Waals surface area contributed by atoms with Crippen LogP contribution in [0.25, 0.3) is 0 Å². The summed E-state index contributed by atoms with van der Waals surface area (Å²) in [6.07, 6.45) is -5.58. The SMILES string of the molecule is COCCOc1ccc(C(=O)N2CCC(C(=O)O)(C(F)(F)F)C2)cc1. The van der Waals surface area contributed by atoms with Gasteiger partial charge < -0.3 is 19.5 Å². The summed E-state index contributed by atoms with van der Waals surface area (Å²) in [4.78, 5) is 24.4. The molecule has 1 atom stereocenters. The standard InChI is InChI=1S/C16H18F3NO5/c1-24-8-9-25-12-4-2-11(3-5-12)13(21)20-7-6-15(10-20,14(22)23)16(17,18)19/h2-5H,6-10H2,1H3,(H,22,23). The Kier molecular flexibility index (Phi) is 5.56. The first-order valence-corrected chi connectivity index (χ1v) is 7.52. The molecule has 6 nitrogen and oxygen atoms in total. The lowest BCUT2D eigenvalue weighted by molar-refractivity contribution is -0.227. The summed E-state index contributed by atoms with van der Waals surface area (Å²) >= 11 is 0. The van der Waals surface area contributed by atoms with Crippen LogP contribution < -0.4 is 4.74 Å². The third kappa shape index (κ3) is 3.87. The number of benzene rings is 1. The molecule has 138 valence electrons. The van der Waals surface area contributed by atoms with Crippen molar-refractivity contribution in [1.82, 2.24) is 4.90 Å². The number of aliphatic carboxylic acids is 1. The van der Waals surface area contributed by atoms with E-state index in [1.807, 2.05) is 0 Å². The molecule has 0 bridgehead atoms. The fourth-order valence-corrected chi connectivity index (χ4v) is 2.63. The Morgan fingerprint density at radius 3 is 2.36 bits per heavy atom. The molecular weight excluding hydrogens is 343 g/mol. The predicted octanol–water partition coefficient (Wildman–Crippen LogP) is 2.19. The monoisotopic (exact) mass is 361 g/mol. The molecule has 0 radical (unpaired) electrons. The van der Waals surface area contributed by atoms with E-state index >= 15 is 0 Å². The number of halogens is 3. The molecule has 25 heavy (non-hydrogen) atoms. The molecule has 1 heterocycles. The van der Waals surface area contributed by atoms with Gasteiger partial charge in [0.25, 0.3) is 5.91 Å². The Bertz CT molecular complexity index is 632. The van der Waals surface area contributed by atoms with Crippen molar-refractivity contribution in [2.75, 3.05) is 33.4 Å². The number of hydrogen-bond donors (Lipinski definition) is 1. The van der Waals surface area contributed by atoms with Crippen molar-refractivity contribution in [3.63, 3.8) is 0 Å². The van der Waals surface area contributed by atoms with Crippen LogP contribution in [-0.2, 0) is 9.53 Å². The van der Waals surface area contributed by atoms with E-state index in [0.29, 0.717) is 19.0 Å². The molecular formula is C16H18F3NO5. The molecule has 9 heteroatoms. The summed E-state index contributed by atoms with van der Waals surface area (Å²) < 4.78 is 49.7. The van der Waals surface area contributed by atoms with E-state index in [9.17, 15) is 22.8 Å². The quantitative estimate of drug-likeness (QED) is 0.786. The third-order valence-electron chi connectivity index (χ3n) is 4.17. The third-order valence-corrected chi connectivity index (χ3v) is 4.17. The summed E-state index contributed by atoms with van der Waals surface area (Å²) in [5.74, 6) is -2.11. The fourth-order valence-electron chi connectivity index (χ4n) is 2.63. The van der Waals surface area contributed by atoms with Gasteiger partial charge in [0.1, 0.15) is 12.4 Å². The van der Waals surface area contributed by atoms with Crippen molar-refractivity contribution in [1.29, 1.82) is 0 Å². The van der Waals surface area contributed by atoms with Gasteiger partial charge in [-0.1, -0.05) is 0 Å². The maximum absolute atomic E-state index is 13.2. The number of rotatable bonds is 6.